The van der Waals surface area contributed by atoms with E-state index in [0.29, 0.717) is 5.56 Å². The van der Waals surface area contributed by atoms with Crippen LogP contribution in [0.2, 0.25) is 0 Å². The first-order valence-corrected chi connectivity index (χ1v) is 11.0. The zero-order valence-corrected chi connectivity index (χ0v) is 17.5. The number of aryl methyl sites for hydroxylation is 1. The van der Waals surface area contributed by atoms with Gasteiger partial charge in [0.25, 0.3) is 0 Å². The van der Waals surface area contributed by atoms with E-state index in [2.05, 4.69) is 19.1 Å². The first-order valence-electron chi connectivity index (χ1n) is 11.0. The molecule has 1 aromatic carbocycles. The van der Waals surface area contributed by atoms with Crippen LogP contribution in [0.4, 0.5) is 0 Å². The third kappa shape index (κ3) is 5.92. The lowest BCUT2D eigenvalue weighted by Gasteiger charge is -2.26. The summed E-state index contributed by atoms with van der Waals surface area (Å²) in [6, 6.07) is 7.52. The summed E-state index contributed by atoms with van der Waals surface area (Å²) in [5, 5.41) is 18.2. The van der Waals surface area contributed by atoms with Crippen molar-refractivity contribution in [2.45, 2.75) is 76.8 Å². The van der Waals surface area contributed by atoms with E-state index in [1.165, 1.54) is 38.5 Å². The highest BCUT2D eigenvalue weighted by Gasteiger charge is 2.46. The van der Waals surface area contributed by atoms with Crippen LogP contribution in [-0.4, -0.2) is 34.4 Å². The van der Waals surface area contributed by atoms with Crippen LogP contribution in [0.3, 0.4) is 0 Å². The van der Waals surface area contributed by atoms with Crippen LogP contribution in [0.25, 0.3) is 0 Å². The number of hydrogen-bond acceptors (Lipinski definition) is 4. The van der Waals surface area contributed by atoms with E-state index >= 15 is 0 Å². The number of rotatable bonds is 9. The molecule has 1 saturated carbocycles. The number of aliphatic carboxylic acids is 2. The summed E-state index contributed by atoms with van der Waals surface area (Å²) in [7, 11) is 0. The number of ether oxygens (including phenoxy) is 2. The highest BCUT2D eigenvalue weighted by atomic mass is 16.7. The molecule has 2 atom stereocenters. The number of carboxylic acid groups (broad SMARTS) is 2. The van der Waals surface area contributed by atoms with E-state index in [4.69, 9.17) is 19.7 Å². The summed E-state index contributed by atoms with van der Waals surface area (Å²) in [5.74, 6) is -1.02. The molecule has 1 heterocycles. The Morgan fingerprint density at radius 2 is 1.60 bits per heavy atom. The molecule has 0 bridgehead atoms. The molecule has 6 heteroatoms. The number of allylic oxidation sites excluding steroid dienone is 2. The van der Waals surface area contributed by atoms with E-state index in [-0.39, 0.29) is 0 Å². The van der Waals surface area contributed by atoms with Gasteiger partial charge in [0.1, 0.15) is 0 Å². The van der Waals surface area contributed by atoms with Gasteiger partial charge in [-0.15, -0.1) is 0 Å². The molecule has 0 amide bonds. The first-order chi connectivity index (χ1) is 14.5. The van der Waals surface area contributed by atoms with Crippen molar-refractivity contribution in [2.24, 2.45) is 11.8 Å². The summed E-state index contributed by atoms with van der Waals surface area (Å²) in [4.78, 5) is 22.4. The van der Waals surface area contributed by atoms with Crippen molar-refractivity contribution in [3.63, 3.8) is 0 Å². The Kier molecular flexibility index (Phi) is 8.05. The summed E-state index contributed by atoms with van der Waals surface area (Å²) >= 11 is 0. The molecule has 2 N–H and O–H groups in total. The van der Waals surface area contributed by atoms with Gasteiger partial charge in [0, 0.05) is 5.56 Å². The van der Waals surface area contributed by atoms with Gasteiger partial charge < -0.3 is 19.7 Å². The minimum atomic E-state index is -1.51. The van der Waals surface area contributed by atoms with Gasteiger partial charge in [-0.25, -0.2) is 9.59 Å². The van der Waals surface area contributed by atoms with Crippen LogP contribution in [0.1, 0.15) is 69.3 Å². The number of benzene rings is 1. The Bertz CT molecular complexity index is 711. The molecule has 1 saturated heterocycles. The van der Waals surface area contributed by atoms with Gasteiger partial charge in [-0.05, 0) is 55.9 Å². The average Bonchev–Trinajstić information content (AvgIpc) is 3.19. The Morgan fingerprint density at radius 1 is 1.00 bits per heavy atom. The van der Waals surface area contributed by atoms with Gasteiger partial charge in [0.15, 0.2) is 18.5 Å². The van der Waals surface area contributed by atoms with Crippen molar-refractivity contribution in [3.05, 3.63) is 47.5 Å². The van der Waals surface area contributed by atoms with Gasteiger partial charge in [0.05, 0.1) is 0 Å². The van der Waals surface area contributed by atoms with Crippen LogP contribution < -0.4 is 0 Å². The smallest absolute Gasteiger partial charge is 0.336 e. The van der Waals surface area contributed by atoms with E-state index < -0.39 is 30.4 Å². The summed E-state index contributed by atoms with van der Waals surface area (Å²) < 4.78 is 10.6. The molecular weight excluding hydrogens is 384 g/mol. The van der Waals surface area contributed by atoms with Gasteiger partial charge in [0.2, 0.25) is 0 Å². The largest absolute Gasteiger partial charge is 0.479 e. The zero-order valence-electron chi connectivity index (χ0n) is 17.5. The maximum absolute atomic E-state index is 11.2. The van der Waals surface area contributed by atoms with Gasteiger partial charge in [-0.3, -0.25) is 0 Å². The second-order valence-electron chi connectivity index (χ2n) is 8.40. The highest BCUT2D eigenvalue weighted by molar-refractivity contribution is 5.84. The summed E-state index contributed by atoms with van der Waals surface area (Å²) in [6.07, 6.45) is 10.6. The van der Waals surface area contributed by atoms with Crippen LogP contribution in [0.15, 0.2) is 36.4 Å². The molecule has 6 nitrogen and oxygen atoms in total. The topological polar surface area (TPSA) is 93.1 Å². The van der Waals surface area contributed by atoms with Gasteiger partial charge in [-0.1, -0.05) is 56.2 Å². The van der Waals surface area contributed by atoms with E-state index in [9.17, 15) is 9.59 Å². The lowest BCUT2D eigenvalue weighted by molar-refractivity contribution is -0.156. The van der Waals surface area contributed by atoms with Crippen LogP contribution in [0, 0.1) is 11.8 Å². The van der Waals surface area contributed by atoms with Crippen molar-refractivity contribution in [1.29, 1.82) is 0 Å². The SMILES string of the molecule is CCC[C@H]1CC[C@H](/C=C/CCc2ccc(C3O[C@@H](C(=O)O)[C@H](C(=O)O)O3)cc2)CC1. The van der Waals surface area contributed by atoms with E-state index in [1.807, 2.05) is 24.3 Å². The van der Waals surface area contributed by atoms with Crippen LogP contribution in [-0.2, 0) is 25.5 Å². The first kappa shape index (κ1) is 22.5. The zero-order chi connectivity index (χ0) is 21.5. The van der Waals surface area contributed by atoms with Crippen molar-refractivity contribution in [2.75, 3.05) is 0 Å². The molecule has 2 fully saturated rings. The molecule has 2 aliphatic rings. The molecular formula is C24H32O6. The summed E-state index contributed by atoms with van der Waals surface area (Å²) in [6.45, 7) is 2.27. The molecule has 0 spiro atoms. The summed E-state index contributed by atoms with van der Waals surface area (Å²) in [5.41, 5.74) is 1.78. The minimum absolute atomic E-state index is 0.619. The Labute approximate surface area is 177 Å². The maximum atomic E-state index is 11.2. The van der Waals surface area contributed by atoms with E-state index in [1.54, 1.807) is 0 Å². The molecule has 1 aromatic rings. The molecule has 1 aliphatic heterocycles. The van der Waals surface area contributed by atoms with Crippen molar-refractivity contribution < 1.29 is 29.3 Å². The molecule has 0 radical (unpaired) electrons. The van der Waals surface area contributed by atoms with E-state index in [0.717, 1.165) is 30.2 Å². The monoisotopic (exact) mass is 416 g/mol. The lowest BCUT2D eigenvalue weighted by Crippen LogP contribution is -2.36. The Morgan fingerprint density at radius 3 is 2.13 bits per heavy atom. The van der Waals surface area contributed by atoms with Gasteiger partial charge in [-0.2, -0.15) is 0 Å². The van der Waals surface area contributed by atoms with Crippen LogP contribution in [0.5, 0.6) is 0 Å². The van der Waals surface area contributed by atoms with Gasteiger partial charge >= 0.3 is 11.9 Å². The quantitative estimate of drug-likeness (QED) is 0.565. The highest BCUT2D eigenvalue weighted by Crippen LogP contribution is 2.33. The second-order valence-corrected chi connectivity index (χ2v) is 8.40. The second kappa shape index (κ2) is 10.7. The average molecular weight is 417 g/mol. The standard InChI is InChI=1S/C24H32O6/c1-2-5-16-8-10-17(11-9-16)6-3-4-7-18-12-14-19(15-13-18)24-29-20(22(25)26)21(30-24)23(27)28/h3,6,12-17,20-21,24H,2,4-5,7-11H2,1H3,(H,25,26)(H,27,28)/b6-3+/t16-,17-,20-,21-/m1/s1. The van der Waals surface area contributed by atoms with Crippen molar-refractivity contribution in [3.8, 4) is 0 Å². The number of carboxylic acids is 2. The molecule has 164 valence electrons. The number of carbonyl (C=O) groups is 2. The third-order valence-corrected chi connectivity index (χ3v) is 6.15. The fraction of sp³-hybridized carbons (Fsp3) is 0.583. The normalized spacial score (nSPS) is 27.5. The maximum Gasteiger partial charge on any atom is 0.336 e. The predicted molar refractivity (Wildman–Crippen MR) is 112 cm³/mol. The minimum Gasteiger partial charge on any atom is -0.479 e. The Hall–Kier alpha value is -2.18. The molecule has 30 heavy (non-hydrogen) atoms. The molecule has 3 rings (SSSR count). The third-order valence-electron chi connectivity index (χ3n) is 6.15. The van der Waals surface area contributed by atoms with Crippen LogP contribution >= 0.6 is 0 Å². The predicted octanol–water partition coefficient (Wildman–Crippen LogP) is 4.73. The molecule has 0 aromatic heterocycles. The lowest BCUT2D eigenvalue weighted by atomic mass is 9.80. The number of hydrogen-bond donors (Lipinski definition) is 2. The Balaban J connectivity index is 1.45. The fourth-order valence-electron chi connectivity index (χ4n) is 4.43. The van der Waals surface area contributed by atoms with Crippen molar-refractivity contribution >= 4 is 11.9 Å². The van der Waals surface area contributed by atoms with Crippen molar-refractivity contribution in [1.82, 2.24) is 0 Å². The fourth-order valence-corrected chi connectivity index (χ4v) is 4.43. The molecule has 0 unspecified atom stereocenters. The molecule has 1 aliphatic carbocycles.